The summed E-state index contributed by atoms with van der Waals surface area (Å²) in [6.45, 7) is 4.13. The van der Waals surface area contributed by atoms with E-state index in [2.05, 4.69) is 41.7 Å². The predicted molar refractivity (Wildman–Crippen MR) is 73.0 cm³/mol. The average Bonchev–Trinajstić information content (AvgIpc) is 2.24. The first-order valence-corrected chi connectivity index (χ1v) is 6.57. The number of pyridine rings is 1. The number of thiol groups is 1. The van der Waals surface area contributed by atoms with Crippen LogP contribution in [-0.2, 0) is 6.54 Å². The zero-order valence-electron chi connectivity index (χ0n) is 10.3. The summed E-state index contributed by atoms with van der Waals surface area (Å²) < 4.78 is 0. The van der Waals surface area contributed by atoms with Gasteiger partial charge in [0.05, 0.1) is 5.69 Å². The van der Waals surface area contributed by atoms with Crippen molar-refractivity contribution >= 4 is 12.6 Å². The second-order valence-corrected chi connectivity index (χ2v) is 4.74. The SMILES string of the molecule is Cc1cccc(CN(C)CCCCCS)n1. The second kappa shape index (κ2) is 7.69. The minimum Gasteiger partial charge on any atom is -0.301 e. The van der Waals surface area contributed by atoms with Crippen LogP contribution in [0.15, 0.2) is 18.2 Å². The first-order valence-electron chi connectivity index (χ1n) is 5.94. The molecule has 16 heavy (non-hydrogen) atoms. The zero-order valence-corrected chi connectivity index (χ0v) is 11.2. The molecule has 0 N–H and O–H groups in total. The van der Waals surface area contributed by atoms with Gasteiger partial charge in [0.1, 0.15) is 0 Å². The molecule has 0 atom stereocenters. The lowest BCUT2D eigenvalue weighted by molar-refractivity contribution is 0.314. The van der Waals surface area contributed by atoms with Crippen LogP contribution in [0.2, 0.25) is 0 Å². The Morgan fingerprint density at radius 2 is 2.06 bits per heavy atom. The maximum Gasteiger partial charge on any atom is 0.0547 e. The van der Waals surface area contributed by atoms with Crippen LogP contribution in [0.5, 0.6) is 0 Å². The Morgan fingerprint density at radius 3 is 2.75 bits per heavy atom. The van der Waals surface area contributed by atoms with Gasteiger partial charge in [-0.2, -0.15) is 12.6 Å². The van der Waals surface area contributed by atoms with Gasteiger partial charge in [0.15, 0.2) is 0 Å². The van der Waals surface area contributed by atoms with Gasteiger partial charge in [-0.3, -0.25) is 4.98 Å². The Labute approximate surface area is 104 Å². The van der Waals surface area contributed by atoms with E-state index < -0.39 is 0 Å². The minimum atomic E-state index is 0.947. The number of hydrogen-bond acceptors (Lipinski definition) is 3. The Kier molecular flexibility index (Phi) is 6.50. The van der Waals surface area contributed by atoms with E-state index in [9.17, 15) is 0 Å². The van der Waals surface area contributed by atoms with Crippen LogP contribution in [0.3, 0.4) is 0 Å². The van der Waals surface area contributed by atoms with E-state index in [1.807, 2.05) is 13.0 Å². The summed E-state index contributed by atoms with van der Waals surface area (Å²) in [6.07, 6.45) is 3.75. The fourth-order valence-corrected chi connectivity index (χ4v) is 1.94. The smallest absolute Gasteiger partial charge is 0.0547 e. The van der Waals surface area contributed by atoms with Crippen molar-refractivity contribution in [2.24, 2.45) is 0 Å². The number of rotatable bonds is 7. The molecule has 0 saturated heterocycles. The summed E-state index contributed by atoms with van der Waals surface area (Å²) >= 11 is 4.21. The number of aromatic nitrogens is 1. The van der Waals surface area contributed by atoms with Crippen molar-refractivity contribution in [2.75, 3.05) is 19.3 Å². The van der Waals surface area contributed by atoms with E-state index in [1.54, 1.807) is 0 Å². The number of nitrogens with zero attached hydrogens (tertiary/aromatic N) is 2. The van der Waals surface area contributed by atoms with Gasteiger partial charge in [-0.1, -0.05) is 12.5 Å². The third kappa shape index (κ3) is 5.52. The highest BCUT2D eigenvalue weighted by Crippen LogP contribution is 2.04. The molecule has 0 aromatic carbocycles. The van der Waals surface area contributed by atoms with Crippen LogP contribution in [-0.4, -0.2) is 29.2 Å². The maximum absolute atomic E-state index is 4.50. The number of unbranched alkanes of at least 4 members (excludes halogenated alkanes) is 2. The third-order valence-corrected chi connectivity index (χ3v) is 2.89. The van der Waals surface area contributed by atoms with Gasteiger partial charge in [0.25, 0.3) is 0 Å². The maximum atomic E-state index is 4.50. The fraction of sp³-hybridized carbons (Fsp3) is 0.615. The number of aryl methyl sites for hydroxylation is 1. The van der Waals surface area contributed by atoms with Crippen LogP contribution >= 0.6 is 12.6 Å². The molecule has 0 aliphatic carbocycles. The van der Waals surface area contributed by atoms with Crippen molar-refractivity contribution in [1.82, 2.24) is 9.88 Å². The Hall–Kier alpha value is -0.540. The van der Waals surface area contributed by atoms with Crippen molar-refractivity contribution < 1.29 is 0 Å². The van der Waals surface area contributed by atoms with Crippen molar-refractivity contribution in [3.63, 3.8) is 0 Å². The van der Waals surface area contributed by atoms with Crippen molar-refractivity contribution in [3.8, 4) is 0 Å². The van der Waals surface area contributed by atoms with E-state index in [-0.39, 0.29) is 0 Å². The van der Waals surface area contributed by atoms with Crippen molar-refractivity contribution in [1.29, 1.82) is 0 Å². The summed E-state index contributed by atoms with van der Waals surface area (Å²) in [6, 6.07) is 6.21. The van der Waals surface area contributed by atoms with Gasteiger partial charge in [-0.25, -0.2) is 0 Å². The molecule has 1 aromatic heterocycles. The number of hydrogen-bond donors (Lipinski definition) is 1. The molecule has 1 heterocycles. The van der Waals surface area contributed by atoms with Gasteiger partial charge in [-0.05, 0) is 51.2 Å². The molecular formula is C13H22N2S. The molecule has 0 fully saturated rings. The molecule has 0 aliphatic rings. The molecule has 0 aliphatic heterocycles. The normalized spacial score (nSPS) is 11.0. The van der Waals surface area contributed by atoms with Crippen molar-refractivity contribution in [3.05, 3.63) is 29.6 Å². The lowest BCUT2D eigenvalue weighted by Crippen LogP contribution is -2.19. The molecule has 0 spiro atoms. The Morgan fingerprint density at radius 1 is 1.25 bits per heavy atom. The molecule has 1 rings (SSSR count). The highest BCUT2D eigenvalue weighted by atomic mass is 32.1. The van der Waals surface area contributed by atoms with Gasteiger partial charge < -0.3 is 4.90 Å². The molecule has 90 valence electrons. The summed E-state index contributed by atoms with van der Waals surface area (Å²) in [4.78, 5) is 6.84. The average molecular weight is 238 g/mol. The standard InChI is InChI=1S/C13H22N2S/c1-12-7-6-8-13(14-12)11-15(2)9-4-3-5-10-16/h6-8,16H,3-5,9-11H2,1-2H3. The summed E-state index contributed by atoms with van der Waals surface area (Å²) in [7, 11) is 2.16. The van der Waals surface area contributed by atoms with Crippen LogP contribution in [0.25, 0.3) is 0 Å². The lowest BCUT2D eigenvalue weighted by atomic mass is 10.2. The highest BCUT2D eigenvalue weighted by Gasteiger charge is 2.01. The van der Waals surface area contributed by atoms with E-state index in [1.165, 1.54) is 19.3 Å². The Balaban J connectivity index is 2.25. The first-order chi connectivity index (χ1) is 7.72. The predicted octanol–water partition coefficient (Wildman–Crippen LogP) is 2.92. The molecule has 3 heteroatoms. The Bertz CT molecular complexity index is 302. The van der Waals surface area contributed by atoms with Gasteiger partial charge in [0, 0.05) is 12.2 Å². The van der Waals surface area contributed by atoms with Gasteiger partial charge in [-0.15, -0.1) is 0 Å². The fourth-order valence-electron chi connectivity index (χ4n) is 1.71. The summed E-state index contributed by atoms with van der Waals surface area (Å²) in [5, 5.41) is 0. The molecular weight excluding hydrogens is 216 g/mol. The molecule has 0 saturated carbocycles. The summed E-state index contributed by atoms with van der Waals surface area (Å²) in [5.41, 5.74) is 2.26. The molecule has 0 bridgehead atoms. The van der Waals surface area contributed by atoms with E-state index in [0.29, 0.717) is 0 Å². The van der Waals surface area contributed by atoms with Crippen LogP contribution < -0.4 is 0 Å². The highest BCUT2D eigenvalue weighted by molar-refractivity contribution is 7.80. The lowest BCUT2D eigenvalue weighted by Gasteiger charge is -2.16. The molecule has 2 nitrogen and oxygen atoms in total. The zero-order chi connectivity index (χ0) is 11.8. The topological polar surface area (TPSA) is 16.1 Å². The summed E-state index contributed by atoms with van der Waals surface area (Å²) in [5.74, 6) is 1.00. The minimum absolute atomic E-state index is 0.947. The van der Waals surface area contributed by atoms with Gasteiger partial charge >= 0.3 is 0 Å². The molecule has 0 amide bonds. The quantitative estimate of drug-likeness (QED) is 0.581. The monoisotopic (exact) mass is 238 g/mol. The van der Waals surface area contributed by atoms with Crippen molar-refractivity contribution in [2.45, 2.75) is 32.7 Å². The van der Waals surface area contributed by atoms with E-state index in [4.69, 9.17) is 0 Å². The largest absolute Gasteiger partial charge is 0.301 e. The second-order valence-electron chi connectivity index (χ2n) is 4.29. The van der Waals surface area contributed by atoms with Crippen LogP contribution in [0.1, 0.15) is 30.7 Å². The van der Waals surface area contributed by atoms with E-state index in [0.717, 1.165) is 30.2 Å². The third-order valence-electron chi connectivity index (χ3n) is 2.58. The van der Waals surface area contributed by atoms with Gasteiger partial charge in [0.2, 0.25) is 0 Å². The van der Waals surface area contributed by atoms with Crippen LogP contribution in [0, 0.1) is 6.92 Å². The molecule has 0 unspecified atom stereocenters. The van der Waals surface area contributed by atoms with Crippen LogP contribution in [0.4, 0.5) is 0 Å². The van der Waals surface area contributed by atoms with E-state index >= 15 is 0 Å². The first kappa shape index (κ1) is 13.5. The molecule has 1 aromatic rings. The molecule has 0 radical (unpaired) electrons.